The molecule has 53 valence electrons. The zero-order chi connectivity index (χ0) is 7.61. The molecule has 0 N–H and O–H groups in total. The van der Waals surface area contributed by atoms with Crippen LogP contribution in [0.2, 0.25) is 0 Å². The Balaban J connectivity index is 2.73. The topological polar surface area (TPSA) is 0 Å². The summed E-state index contributed by atoms with van der Waals surface area (Å²) >= 11 is 0. The smallest absolute Gasteiger partial charge is 0.166 e. The highest BCUT2D eigenvalue weighted by atomic mass is 19.4. The van der Waals surface area contributed by atoms with Gasteiger partial charge >= 0.3 is 6.18 Å². The van der Waals surface area contributed by atoms with E-state index in [1.165, 1.54) is 6.08 Å². The highest BCUT2D eigenvalue weighted by Gasteiger charge is 2.32. The molecule has 0 heterocycles. The fourth-order valence-electron chi connectivity index (χ4n) is 0.586. The maximum Gasteiger partial charge on any atom is 0.416 e. The Morgan fingerprint density at radius 1 is 1.40 bits per heavy atom. The maximum atomic E-state index is 11.8. The Kier molecular flexibility index (Phi) is 1.83. The summed E-state index contributed by atoms with van der Waals surface area (Å²) < 4.78 is 35.3. The van der Waals surface area contributed by atoms with Crippen molar-refractivity contribution in [2.75, 3.05) is 0 Å². The van der Waals surface area contributed by atoms with Crippen molar-refractivity contribution in [3.8, 4) is 0 Å². The number of rotatable bonds is 0. The first-order chi connectivity index (χ1) is 4.61. The Morgan fingerprint density at radius 2 is 2.10 bits per heavy atom. The minimum absolute atomic E-state index is 0.416. The lowest BCUT2D eigenvalue weighted by Gasteiger charge is -2.08. The van der Waals surface area contributed by atoms with Crippen LogP contribution in [0.1, 0.15) is 6.42 Å². The van der Waals surface area contributed by atoms with E-state index in [0.29, 0.717) is 6.42 Å². The summed E-state index contributed by atoms with van der Waals surface area (Å²) in [5, 5.41) is 0. The molecule has 3 heteroatoms. The Labute approximate surface area is 57.0 Å². The van der Waals surface area contributed by atoms with Crippen LogP contribution in [0, 0.1) is 12.5 Å². The van der Waals surface area contributed by atoms with E-state index in [2.05, 4.69) is 12.5 Å². The lowest BCUT2D eigenvalue weighted by atomic mass is 10.1. The van der Waals surface area contributed by atoms with Crippen molar-refractivity contribution in [1.29, 1.82) is 0 Å². The molecule has 0 saturated carbocycles. The molecule has 0 atom stereocenters. The normalized spacial score (nSPS) is 18.9. The van der Waals surface area contributed by atoms with E-state index in [4.69, 9.17) is 0 Å². The van der Waals surface area contributed by atoms with Gasteiger partial charge in [0, 0.05) is 6.42 Å². The summed E-state index contributed by atoms with van der Waals surface area (Å²) in [5.41, 5.74) is -0.751. The molecule has 0 nitrogen and oxygen atoms in total. The zero-order valence-electron chi connectivity index (χ0n) is 5.00. The van der Waals surface area contributed by atoms with Crippen LogP contribution in [0.15, 0.2) is 17.7 Å². The molecule has 0 aliphatic heterocycles. The first-order valence-corrected chi connectivity index (χ1v) is 2.69. The van der Waals surface area contributed by atoms with E-state index in [9.17, 15) is 13.2 Å². The number of hydrogen-bond donors (Lipinski definition) is 0. The highest BCUT2D eigenvalue weighted by molar-refractivity contribution is 5.26. The van der Waals surface area contributed by atoms with Crippen LogP contribution in [-0.4, -0.2) is 6.18 Å². The van der Waals surface area contributed by atoms with Crippen LogP contribution in [0.3, 0.4) is 0 Å². The quantitative estimate of drug-likeness (QED) is 0.490. The number of hydrogen-bond acceptors (Lipinski definition) is 0. The van der Waals surface area contributed by atoms with E-state index in [0.717, 1.165) is 6.08 Å². The molecular weight excluding hydrogens is 141 g/mol. The second-order valence-corrected chi connectivity index (χ2v) is 1.81. The van der Waals surface area contributed by atoms with Crippen molar-refractivity contribution in [3.63, 3.8) is 0 Å². The third-order valence-corrected chi connectivity index (χ3v) is 1.03. The van der Waals surface area contributed by atoms with E-state index < -0.39 is 11.7 Å². The fourth-order valence-corrected chi connectivity index (χ4v) is 0.586. The van der Waals surface area contributed by atoms with Crippen molar-refractivity contribution in [3.05, 3.63) is 30.2 Å². The second kappa shape index (κ2) is 2.48. The van der Waals surface area contributed by atoms with Crippen LogP contribution in [-0.2, 0) is 0 Å². The molecule has 0 aromatic heterocycles. The van der Waals surface area contributed by atoms with Crippen LogP contribution in [0.4, 0.5) is 13.2 Å². The van der Waals surface area contributed by atoms with E-state index in [-0.39, 0.29) is 0 Å². The van der Waals surface area contributed by atoms with E-state index in [1.54, 1.807) is 0 Å². The van der Waals surface area contributed by atoms with Crippen molar-refractivity contribution >= 4 is 0 Å². The fraction of sp³-hybridized carbons (Fsp3) is 0.286. The van der Waals surface area contributed by atoms with Crippen LogP contribution in [0.25, 0.3) is 0 Å². The van der Waals surface area contributed by atoms with Gasteiger partial charge in [0.05, 0.1) is 5.57 Å². The molecule has 10 heavy (non-hydrogen) atoms. The van der Waals surface area contributed by atoms with Gasteiger partial charge in [0.25, 0.3) is 0 Å². The molecular formula is C7H4F3. The monoisotopic (exact) mass is 145 g/mol. The van der Waals surface area contributed by atoms with Gasteiger partial charge in [0.1, 0.15) is 0 Å². The molecule has 0 unspecified atom stereocenters. The first-order valence-electron chi connectivity index (χ1n) is 2.69. The summed E-state index contributed by atoms with van der Waals surface area (Å²) in [6.07, 6.45) is 2.92. The average Bonchev–Trinajstić information content (AvgIpc) is 1.88. The summed E-state index contributed by atoms with van der Waals surface area (Å²) in [6, 6.07) is 0. The minimum atomic E-state index is -4.27. The molecule has 1 aliphatic rings. The predicted octanol–water partition coefficient (Wildman–Crippen LogP) is 2.32. The van der Waals surface area contributed by atoms with Crippen LogP contribution in [0.5, 0.6) is 0 Å². The van der Waals surface area contributed by atoms with Gasteiger partial charge in [-0.2, -0.15) is 13.2 Å². The molecule has 0 amide bonds. The van der Waals surface area contributed by atoms with Gasteiger partial charge in [-0.3, -0.25) is 0 Å². The van der Waals surface area contributed by atoms with E-state index >= 15 is 0 Å². The highest BCUT2D eigenvalue weighted by Crippen LogP contribution is 2.28. The number of allylic oxidation sites excluding steroid dienone is 4. The van der Waals surface area contributed by atoms with Gasteiger partial charge in [-0.1, -0.05) is 12.2 Å². The predicted molar refractivity (Wildman–Crippen MR) is 29.8 cm³/mol. The van der Waals surface area contributed by atoms with Gasteiger partial charge in [0.2, 0.25) is 0 Å². The molecule has 0 bridgehead atoms. The van der Waals surface area contributed by atoms with Gasteiger partial charge < -0.3 is 0 Å². The summed E-state index contributed by atoms with van der Waals surface area (Å²) in [6.45, 7) is 0. The Bertz CT molecular complexity index is 174. The first kappa shape index (κ1) is 7.38. The Hall–Kier alpha value is -0.730. The molecule has 0 fully saturated rings. The molecule has 0 aromatic carbocycles. The maximum absolute atomic E-state index is 11.8. The second-order valence-electron chi connectivity index (χ2n) is 1.81. The van der Waals surface area contributed by atoms with Crippen LogP contribution >= 0.6 is 0 Å². The SMILES string of the molecule is FC(F)(F)C1=C[C]CC=[C]1. The summed E-state index contributed by atoms with van der Waals surface area (Å²) in [4.78, 5) is 0. The molecule has 1 rings (SSSR count). The molecule has 0 saturated heterocycles. The summed E-state index contributed by atoms with van der Waals surface area (Å²) in [7, 11) is 0. The molecule has 0 spiro atoms. The van der Waals surface area contributed by atoms with Crippen molar-refractivity contribution in [2.24, 2.45) is 0 Å². The third-order valence-electron chi connectivity index (χ3n) is 1.03. The standard InChI is InChI=1S/C7H4F3/c8-7(9,10)6-4-2-1-3-5-6/h2,5H,1H2. The minimum Gasteiger partial charge on any atom is -0.166 e. The summed E-state index contributed by atoms with van der Waals surface area (Å²) in [5.74, 6) is 0. The zero-order valence-corrected chi connectivity index (χ0v) is 5.00. The van der Waals surface area contributed by atoms with Gasteiger partial charge in [-0.05, 0) is 12.5 Å². The molecule has 0 aromatic rings. The lowest BCUT2D eigenvalue weighted by molar-refractivity contribution is -0.0891. The van der Waals surface area contributed by atoms with Crippen molar-refractivity contribution < 1.29 is 13.2 Å². The molecule has 1 aliphatic carbocycles. The Morgan fingerprint density at radius 3 is 2.40 bits per heavy atom. The van der Waals surface area contributed by atoms with Gasteiger partial charge in [0.15, 0.2) is 0 Å². The molecule has 3 radical (unpaired) electrons. The van der Waals surface area contributed by atoms with E-state index in [1.807, 2.05) is 0 Å². The largest absolute Gasteiger partial charge is 0.416 e. The van der Waals surface area contributed by atoms with Crippen molar-refractivity contribution in [2.45, 2.75) is 12.6 Å². The van der Waals surface area contributed by atoms with Gasteiger partial charge in [-0.25, -0.2) is 0 Å². The number of halogens is 3. The number of alkyl halides is 3. The third kappa shape index (κ3) is 1.62. The van der Waals surface area contributed by atoms with Crippen LogP contribution < -0.4 is 0 Å². The lowest BCUT2D eigenvalue weighted by Crippen LogP contribution is -2.11. The average molecular weight is 145 g/mol. The van der Waals surface area contributed by atoms with Crippen molar-refractivity contribution in [1.82, 2.24) is 0 Å². The van der Waals surface area contributed by atoms with Gasteiger partial charge in [-0.15, -0.1) is 0 Å².